The fraction of sp³-hybridized carbons (Fsp3) is 0.143. The summed E-state index contributed by atoms with van der Waals surface area (Å²) in [5, 5.41) is 15.9. The molecule has 26 heavy (non-hydrogen) atoms. The topological polar surface area (TPSA) is 74.2 Å². The van der Waals surface area contributed by atoms with E-state index in [4.69, 9.17) is 0 Å². The first-order valence-corrected chi connectivity index (χ1v) is 8.44. The summed E-state index contributed by atoms with van der Waals surface area (Å²) in [6.45, 7) is 2.69. The molecule has 5 nitrogen and oxygen atoms in total. The van der Waals surface area contributed by atoms with Crippen molar-refractivity contribution < 1.29 is 9.90 Å². The van der Waals surface area contributed by atoms with Crippen molar-refractivity contribution in [1.82, 2.24) is 10.3 Å². The highest BCUT2D eigenvalue weighted by Crippen LogP contribution is 2.19. The Hall–Kier alpha value is -3.18. The molecular weight excluding hydrogens is 326 g/mol. The molecule has 0 aliphatic heterocycles. The molecule has 0 aliphatic carbocycles. The van der Waals surface area contributed by atoms with Crippen LogP contribution in [0, 0.1) is 0 Å². The highest BCUT2D eigenvalue weighted by atomic mass is 16.3. The summed E-state index contributed by atoms with van der Waals surface area (Å²) < 4.78 is 0. The van der Waals surface area contributed by atoms with Crippen LogP contribution >= 0.6 is 0 Å². The molecule has 3 rings (SSSR count). The third kappa shape index (κ3) is 4.68. The molecule has 0 fully saturated rings. The zero-order chi connectivity index (χ0) is 18.4. The average Bonchev–Trinajstić information content (AvgIpc) is 2.67. The predicted octanol–water partition coefficient (Wildman–Crippen LogP) is 3.89. The number of nitrogens with one attached hydrogen (secondary N) is 2. The van der Waals surface area contributed by atoms with Crippen LogP contribution in [0.3, 0.4) is 0 Å². The molecule has 132 valence electrons. The number of nitrogens with zero attached hydrogens (tertiary/aromatic N) is 1. The van der Waals surface area contributed by atoms with E-state index in [-0.39, 0.29) is 17.7 Å². The third-order valence-electron chi connectivity index (χ3n) is 4.11. The molecular formula is C21H21N3O2. The summed E-state index contributed by atoms with van der Waals surface area (Å²) in [5.41, 5.74) is 3.40. The van der Waals surface area contributed by atoms with Gasteiger partial charge in [-0.05, 0) is 54.4 Å². The minimum Gasteiger partial charge on any atom is -0.508 e. The number of carbonyl (C=O) groups is 1. The summed E-state index contributed by atoms with van der Waals surface area (Å²) in [6.07, 6.45) is 3.19. The van der Waals surface area contributed by atoms with E-state index >= 15 is 0 Å². The number of benzene rings is 2. The Kier molecular flexibility index (Phi) is 5.61. The maximum atomic E-state index is 12.2. The number of aromatic hydroxyl groups is 1. The lowest BCUT2D eigenvalue weighted by Gasteiger charge is -2.15. The van der Waals surface area contributed by atoms with Gasteiger partial charge in [-0.3, -0.25) is 9.78 Å². The monoisotopic (exact) mass is 347 g/mol. The molecule has 1 aromatic heterocycles. The Bertz CT molecular complexity index is 881. The van der Waals surface area contributed by atoms with E-state index < -0.39 is 0 Å². The number of carbonyl (C=O) groups excluding carboxylic acids is 1. The molecule has 0 saturated carbocycles. The molecule has 1 heterocycles. The van der Waals surface area contributed by atoms with E-state index in [0.717, 1.165) is 16.8 Å². The van der Waals surface area contributed by atoms with Crippen molar-refractivity contribution in [3.63, 3.8) is 0 Å². The SMILES string of the molecule is CC(NCc1cccc(NC(=O)c2ccncc2)c1)c1cccc(O)c1. The van der Waals surface area contributed by atoms with Crippen molar-refractivity contribution in [2.45, 2.75) is 19.5 Å². The highest BCUT2D eigenvalue weighted by molar-refractivity contribution is 6.04. The van der Waals surface area contributed by atoms with Crippen molar-refractivity contribution >= 4 is 11.6 Å². The van der Waals surface area contributed by atoms with Gasteiger partial charge in [-0.2, -0.15) is 0 Å². The number of hydrogen-bond acceptors (Lipinski definition) is 4. The molecule has 3 N–H and O–H groups in total. The predicted molar refractivity (Wildman–Crippen MR) is 102 cm³/mol. The van der Waals surface area contributed by atoms with Crippen LogP contribution < -0.4 is 10.6 Å². The Morgan fingerprint density at radius 3 is 2.62 bits per heavy atom. The summed E-state index contributed by atoms with van der Waals surface area (Å²) in [6, 6.07) is 18.4. The Balaban J connectivity index is 1.61. The van der Waals surface area contributed by atoms with Crippen molar-refractivity contribution in [1.29, 1.82) is 0 Å². The zero-order valence-corrected chi connectivity index (χ0v) is 14.5. The van der Waals surface area contributed by atoms with Gasteiger partial charge in [-0.25, -0.2) is 0 Å². The Morgan fingerprint density at radius 1 is 1.08 bits per heavy atom. The number of amides is 1. The molecule has 5 heteroatoms. The van der Waals surface area contributed by atoms with Crippen LogP contribution in [-0.4, -0.2) is 16.0 Å². The van der Waals surface area contributed by atoms with Crippen molar-refractivity contribution in [2.24, 2.45) is 0 Å². The van der Waals surface area contributed by atoms with E-state index in [9.17, 15) is 9.90 Å². The molecule has 2 aromatic carbocycles. The van der Waals surface area contributed by atoms with Gasteiger partial charge in [0.05, 0.1) is 0 Å². The van der Waals surface area contributed by atoms with E-state index in [0.29, 0.717) is 12.1 Å². The van der Waals surface area contributed by atoms with Gasteiger partial charge in [0.1, 0.15) is 5.75 Å². The normalized spacial score (nSPS) is 11.7. The first-order valence-electron chi connectivity index (χ1n) is 8.44. The van der Waals surface area contributed by atoms with Gasteiger partial charge in [0.15, 0.2) is 0 Å². The number of phenolic OH excluding ortho intramolecular Hbond substituents is 1. The molecule has 0 bridgehead atoms. The number of anilines is 1. The second kappa shape index (κ2) is 8.27. The van der Waals surface area contributed by atoms with Gasteiger partial charge >= 0.3 is 0 Å². The van der Waals surface area contributed by atoms with Crippen molar-refractivity contribution in [3.05, 3.63) is 89.7 Å². The third-order valence-corrected chi connectivity index (χ3v) is 4.11. The molecule has 0 radical (unpaired) electrons. The number of hydrogen-bond donors (Lipinski definition) is 3. The van der Waals surface area contributed by atoms with Crippen LogP contribution in [0.15, 0.2) is 73.1 Å². The lowest BCUT2D eigenvalue weighted by molar-refractivity contribution is 0.102. The summed E-state index contributed by atoms with van der Waals surface area (Å²) in [5.74, 6) is 0.0996. The minimum atomic E-state index is -0.161. The van der Waals surface area contributed by atoms with E-state index in [1.165, 1.54) is 0 Å². The Labute approximate surface area is 152 Å². The van der Waals surface area contributed by atoms with Crippen LogP contribution in [0.2, 0.25) is 0 Å². The maximum absolute atomic E-state index is 12.2. The molecule has 1 unspecified atom stereocenters. The molecule has 0 aliphatic rings. The molecule has 0 spiro atoms. The fourth-order valence-corrected chi connectivity index (χ4v) is 2.65. The van der Waals surface area contributed by atoms with Gasteiger partial charge in [0, 0.05) is 36.2 Å². The van der Waals surface area contributed by atoms with Crippen molar-refractivity contribution in [3.8, 4) is 5.75 Å². The maximum Gasteiger partial charge on any atom is 0.255 e. The van der Waals surface area contributed by atoms with Crippen LogP contribution in [0.5, 0.6) is 5.75 Å². The fourth-order valence-electron chi connectivity index (χ4n) is 2.65. The minimum absolute atomic E-state index is 0.0946. The van der Waals surface area contributed by atoms with Gasteiger partial charge in [0.25, 0.3) is 5.91 Å². The van der Waals surface area contributed by atoms with Crippen LogP contribution in [0.25, 0.3) is 0 Å². The van der Waals surface area contributed by atoms with E-state index in [2.05, 4.69) is 15.6 Å². The number of rotatable bonds is 6. The lowest BCUT2D eigenvalue weighted by atomic mass is 10.1. The highest BCUT2D eigenvalue weighted by Gasteiger charge is 2.08. The number of pyridine rings is 1. The molecule has 0 saturated heterocycles. The lowest BCUT2D eigenvalue weighted by Crippen LogP contribution is -2.18. The largest absolute Gasteiger partial charge is 0.508 e. The number of aromatic nitrogens is 1. The summed E-state index contributed by atoms with van der Waals surface area (Å²) >= 11 is 0. The summed E-state index contributed by atoms with van der Waals surface area (Å²) in [4.78, 5) is 16.1. The quantitative estimate of drug-likeness (QED) is 0.632. The van der Waals surface area contributed by atoms with Crippen LogP contribution in [-0.2, 0) is 6.54 Å². The van der Waals surface area contributed by atoms with Crippen LogP contribution in [0.1, 0.15) is 34.5 Å². The van der Waals surface area contributed by atoms with Gasteiger partial charge in [-0.1, -0.05) is 24.3 Å². The second-order valence-electron chi connectivity index (χ2n) is 6.09. The van der Waals surface area contributed by atoms with Gasteiger partial charge in [0.2, 0.25) is 0 Å². The summed E-state index contributed by atoms with van der Waals surface area (Å²) in [7, 11) is 0. The first-order chi connectivity index (χ1) is 12.6. The first kappa shape index (κ1) is 17.6. The molecule has 3 aromatic rings. The van der Waals surface area contributed by atoms with Crippen LogP contribution in [0.4, 0.5) is 5.69 Å². The van der Waals surface area contributed by atoms with E-state index in [1.54, 1.807) is 36.7 Å². The smallest absolute Gasteiger partial charge is 0.255 e. The zero-order valence-electron chi connectivity index (χ0n) is 14.5. The van der Waals surface area contributed by atoms with Gasteiger partial charge < -0.3 is 15.7 Å². The number of phenols is 1. The van der Waals surface area contributed by atoms with E-state index in [1.807, 2.05) is 43.3 Å². The van der Waals surface area contributed by atoms with Gasteiger partial charge in [-0.15, -0.1) is 0 Å². The average molecular weight is 347 g/mol. The molecule has 1 atom stereocenters. The standard InChI is InChI=1S/C21H21N3O2/c1-15(18-5-3-7-20(25)13-18)23-14-16-4-2-6-19(12-16)24-21(26)17-8-10-22-11-9-17/h2-13,15,23,25H,14H2,1H3,(H,24,26). The second-order valence-corrected chi connectivity index (χ2v) is 6.09. The molecule has 1 amide bonds. The van der Waals surface area contributed by atoms with Crippen molar-refractivity contribution in [2.75, 3.05) is 5.32 Å². The Morgan fingerprint density at radius 2 is 1.85 bits per heavy atom.